The van der Waals surface area contributed by atoms with Crippen molar-refractivity contribution in [3.8, 4) is 11.5 Å². The number of anilines is 1. The number of fused-ring (bicyclic) bond motifs is 1. The van der Waals surface area contributed by atoms with Gasteiger partial charge in [-0.25, -0.2) is 4.79 Å². The third kappa shape index (κ3) is 6.34. The minimum Gasteiger partial charge on any atom is -0.493 e. The van der Waals surface area contributed by atoms with E-state index in [1.807, 2.05) is 0 Å². The Hall–Kier alpha value is -3.64. The normalized spacial score (nSPS) is 18.2. The van der Waals surface area contributed by atoms with Crippen molar-refractivity contribution in [3.05, 3.63) is 52.6 Å². The summed E-state index contributed by atoms with van der Waals surface area (Å²) in [5.74, 6) is -1.51. The van der Waals surface area contributed by atoms with Gasteiger partial charge < -0.3 is 18.9 Å². The van der Waals surface area contributed by atoms with E-state index in [0.717, 1.165) is 6.92 Å². The van der Waals surface area contributed by atoms with E-state index >= 15 is 0 Å². The van der Waals surface area contributed by atoms with Gasteiger partial charge in [0.15, 0.2) is 11.5 Å². The van der Waals surface area contributed by atoms with Crippen LogP contribution in [0.1, 0.15) is 61.5 Å². The molecule has 0 saturated carbocycles. The molecule has 0 N–H and O–H groups in total. The fourth-order valence-electron chi connectivity index (χ4n) is 4.69. The highest BCUT2D eigenvalue weighted by Gasteiger charge is 2.43. The first-order valence-electron chi connectivity index (χ1n) is 11.8. The molecule has 0 fully saturated rings. The molecule has 0 aromatic heterocycles. The summed E-state index contributed by atoms with van der Waals surface area (Å²) in [4.78, 5) is 26.3. The quantitative estimate of drug-likeness (QED) is 0.282. The van der Waals surface area contributed by atoms with Crippen LogP contribution in [0.2, 0.25) is 0 Å². The van der Waals surface area contributed by atoms with Gasteiger partial charge in [0.25, 0.3) is 0 Å². The summed E-state index contributed by atoms with van der Waals surface area (Å²) in [6.45, 7) is 4.28. The van der Waals surface area contributed by atoms with E-state index in [9.17, 15) is 35.9 Å². The molecule has 3 atom stereocenters. The number of carbonyl (C=O) groups is 2. The Balaban J connectivity index is 2.31. The molecule has 0 bridgehead atoms. The highest BCUT2D eigenvalue weighted by molar-refractivity contribution is 5.91. The minimum absolute atomic E-state index is 0.00213. The standard InChI is InChI=1S/C26H27F6NO6/c1-6-38-24(35)33-13(2)7-19(18-11-21(36-4)22(37-5)12-20(18)33)23(39-14(3)34)15-8-16(25(27,28)29)10-17(9-15)26(30,31)32/h8-13,19,23H,6-7H2,1-5H3/t13-,19-,23+/m1/s1. The first-order valence-corrected chi connectivity index (χ1v) is 11.8. The highest BCUT2D eigenvalue weighted by atomic mass is 19.4. The van der Waals surface area contributed by atoms with Crippen LogP contribution in [0.5, 0.6) is 11.5 Å². The molecule has 0 spiro atoms. The molecule has 2 aromatic carbocycles. The van der Waals surface area contributed by atoms with Gasteiger partial charge in [0.05, 0.1) is 37.6 Å². The fraction of sp³-hybridized carbons (Fsp3) is 0.462. The molecule has 1 aliphatic heterocycles. The van der Waals surface area contributed by atoms with Gasteiger partial charge in [-0.2, -0.15) is 26.3 Å². The van der Waals surface area contributed by atoms with Gasteiger partial charge in [0, 0.05) is 24.9 Å². The van der Waals surface area contributed by atoms with E-state index in [1.54, 1.807) is 13.8 Å². The molecule has 0 aliphatic carbocycles. The van der Waals surface area contributed by atoms with Crippen LogP contribution >= 0.6 is 0 Å². The molecule has 0 unspecified atom stereocenters. The Morgan fingerprint density at radius 2 is 1.49 bits per heavy atom. The third-order valence-corrected chi connectivity index (χ3v) is 6.29. The Morgan fingerprint density at radius 1 is 0.949 bits per heavy atom. The molecule has 13 heteroatoms. The number of esters is 1. The zero-order chi connectivity index (χ0) is 29.3. The number of hydrogen-bond donors (Lipinski definition) is 0. The predicted molar refractivity (Wildman–Crippen MR) is 127 cm³/mol. The third-order valence-electron chi connectivity index (χ3n) is 6.29. The minimum atomic E-state index is -5.11. The second-order valence-electron chi connectivity index (χ2n) is 8.90. The largest absolute Gasteiger partial charge is 0.493 e. The van der Waals surface area contributed by atoms with Crippen molar-refractivity contribution in [2.75, 3.05) is 25.7 Å². The number of carbonyl (C=O) groups excluding carboxylic acids is 2. The number of rotatable bonds is 6. The van der Waals surface area contributed by atoms with Crippen LogP contribution in [-0.2, 0) is 26.6 Å². The summed E-state index contributed by atoms with van der Waals surface area (Å²) in [5, 5.41) is 0. The van der Waals surface area contributed by atoms with Crippen LogP contribution in [0.4, 0.5) is 36.8 Å². The average molecular weight is 563 g/mol. The molecule has 0 radical (unpaired) electrons. The molecule has 214 valence electrons. The van der Waals surface area contributed by atoms with Crippen molar-refractivity contribution in [2.24, 2.45) is 0 Å². The summed E-state index contributed by atoms with van der Waals surface area (Å²) in [5.41, 5.74) is -3.11. The van der Waals surface area contributed by atoms with E-state index in [-0.39, 0.29) is 41.8 Å². The van der Waals surface area contributed by atoms with E-state index in [4.69, 9.17) is 18.9 Å². The predicted octanol–water partition coefficient (Wildman–Crippen LogP) is 6.88. The number of nitrogens with zero attached hydrogens (tertiary/aromatic N) is 1. The lowest BCUT2D eigenvalue weighted by Gasteiger charge is -2.41. The van der Waals surface area contributed by atoms with E-state index in [2.05, 4.69) is 0 Å². The van der Waals surface area contributed by atoms with Gasteiger partial charge in [0.1, 0.15) is 6.10 Å². The SMILES string of the molecule is CCOC(=O)N1c2cc(OC)c(OC)cc2[C@H]([C@@H](OC(C)=O)c2cc(C(F)(F)F)cc(C(F)(F)F)c2)C[C@H]1C. The van der Waals surface area contributed by atoms with Gasteiger partial charge in [-0.05, 0) is 55.7 Å². The van der Waals surface area contributed by atoms with Crippen LogP contribution in [0, 0.1) is 0 Å². The fourth-order valence-corrected chi connectivity index (χ4v) is 4.69. The van der Waals surface area contributed by atoms with Crippen molar-refractivity contribution in [1.29, 1.82) is 0 Å². The highest BCUT2D eigenvalue weighted by Crippen LogP contribution is 2.51. The summed E-state index contributed by atoms with van der Waals surface area (Å²) in [6, 6.07) is 3.31. The molecule has 2 aromatic rings. The second kappa shape index (κ2) is 11.2. The number of ether oxygens (including phenoxy) is 4. The monoisotopic (exact) mass is 563 g/mol. The molecule has 0 saturated heterocycles. The zero-order valence-electron chi connectivity index (χ0n) is 21.7. The number of alkyl halides is 6. The summed E-state index contributed by atoms with van der Waals surface area (Å²) < 4.78 is 103. The van der Waals surface area contributed by atoms with E-state index < -0.39 is 59.2 Å². The Labute approximate surface area is 220 Å². The second-order valence-corrected chi connectivity index (χ2v) is 8.90. The summed E-state index contributed by atoms with van der Waals surface area (Å²) >= 11 is 0. The Kier molecular flexibility index (Phi) is 8.61. The van der Waals surface area contributed by atoms with Crippen LogP contribution in [0.3, 0.4) is 0 Å². The number of methoxy groups -OCH3 is 2. The molecular formula is C26H27F6NO6. The number of halogens is 6. The maximum atomic E-state index is 13.6. The van der Waals surface area contributed by atoms with Crippen molar-refractivity contribution in [2.45, 2.75) is 57.6 Å². The lowest BCUT2D eigenvalue weighted by molar-refractivity contribution is -0.148. The molecule has 7 nitrogen and oxygen atoms in total. The maximum Gasteiger partial charge on any atom is 0.416 e. The van der Waals surface area contributed by atoms with Gasteiger partial charge in [-0.1, -0.05) is 0 Å². The number of benzene rings is 2. The van der Waals surface area contributed by atoms with Crippen LogP contribution in [0.15, 0.2) is 30.3 Å². The van der Waals surface area contributed by atoms with Crippen molar-refractivity contribution in [1.82, 2.24) is 0 Å². The number of hydrogen-bond acceptors (Lipinski definition) is 6. The van der Waals surface area contributed by atoms with Crippen molar-refractivity contribution in [3.63, 3.8) is 0 Å². The summed E-state index contributed by atoms with van der Waals surface area (Å²) in [6.07, 6.45) is -12.5. The van der Waals surface area contributed by atoms with Crippen molar-refractivity contribution < 1.29 is 54.9 Å². The van der Waals surface area contributed by atoms with E-state index in [1.165, 1.54) is 31.3 Å². The Morgan fingerprint density at radius 3 is 1.95 bits per heavy atom. The first-order chi connectivity index (χ1) is 18.1. The number of amides is 1. The lowest BCUT2D eigenvalue weighted by atomic mass is 9.79. The molecule has 1 aliphatic rings. The smallest absolute Gasteiger partial charge is 0.416 e. The lowest BCUT2D eigenvalue weighted by Crippen LogP contribution is -2.44. The van der Waals surface area contributed by atoms with E-state index in [0.29, 0.717) is 12.1 Å². The van der Waals surface area contributed by atoms with Crippen LogP contribution < -0.4 is 14.4 Å². The Bertz CT molecular complexity index is 1200. The molecule has 1 amide bonds. The average Bonchev–Trinajstić information content (AvgIpc) is 2.84. The van der Waals surface area contributed by atoms with Gasteiger partial charge in [-0.3, -0.25) is 9.69 Å². The van der Waals surface area contributed by atoms with Crippen LogP contribution in [-0.4, -0.2) is 38.9 Å². The van der Waals surface area contributed by atoms with Crippen LogP contribution in [0.25, 0.3) is 0 Å². The van der Waals surface area contributed by atoms with Gasteiger partial charge in [0.2, 0.25) is 0 Å². The van der Waals surface area contributed by atoms with Crippen molar-refractivity contribution >= 4 is 17.7 Å². The topological polar surface area (TPSA) is 74.3 Å². The molecular weight excluding hydrogens is 536 g/mol. The molecule has 1 heterocycles. The zero-order valence-corrected chi connectivity index (χ0v) is 21.7. The molecule has 39 heavy (non-hydrogen) atoms. The molecule has 3 rings (SSSR count). The maximum absolute atomic E-state index is 13.6. The van der Waals surface area contributed by atoms with Gasteiger partial charge in [-0.15, -0.1) is 0 Å². The van der Waals surface area contributed by atoms with Gasteiger partial charge >= 0.3 is 24.4 Å². The summed E-state index contributed by atoms with van der Waals surface area (Å²) in [7, 11) is 2.69. The first kappa shape index (κ1) is 29.9.